The molecule has 0 aliphatic heterocycles. The second kappa shape index (κ2) is 4.85. The van der Waals surface area contributed by atoms with Crippen LogP contribution < -0.4 is 5.73 Å². The molecule has 0 aromatic carbocycles. The minimum Gasteiger partial charge on any atom is -0.366 e. The number of carbonyl (C=O) groups excluding carboxylic acids is 1. The van der Waals surface area contributed by atoms with Gasteiger partial charge in [-0.15, -0.1) is 0 Å². The molecule has 4 aliphatic carbocycles. The number of amides is 1. The Balaban J connectivity index is 1.64. The van der Waals surface area contributed by atoms with Crippen LogP contribution in [0, 0.1) is 34.5 Å². The van der Waals surface area contributed by atoms with Gasteiger partial charge in [0.2, 0.25) is 5.91 Å². The average Bonchev–Trinajstić information content (AvgIpc) is 2.84. The zero-order valence-corrected chi connectivity index (χ0v) is 14.2. The Kier molecular flexibility index (Phi) is 3.26. The Hall–Kier alpha value is -0.790. The van der Waals surface area contributed by atoms with E-state index in [0.29, 0.717) is 11.3 Å². The first-order valence-electron chi connectivity index (χ1n) is 9.47. The van der Waals surface area contributed by atoms with Gasteiger partial charge < -0.3 is 5.73 Å². The summed E-state index contributed by atoms with van der Waals surface area (Å²) in [6.07, 6.45) is 14.4. The molecule has 3 fully saturated rings. The number of primary amides is 1. The van der Waals surface area contributed by atoms with Gasteiger partial charge in [0.25, 0.3) is 0 Å². The zero-order chi connectivity index (χ0) is 15.5. The monoisotopic (exact) mass is 301 g/mol. The first kappa shape index (κ1) is 14.8. The van der Waals surface area contributed by atoms with E-state index in [4.69, 9.17) is 5.73 Å². The van der Waals surface area contributed by atoms with Crippen molar-refractivity contribution in [1.82, 2.24) is 0 Å². The number of carbonyl (C=O) groups is 1. The van der Waals surface area contributed by atoms with Crippen LogP contribution in [0.2, 0.25) is 0 Å². The van der Waals surface area contributed by atoms with Gasteiger partial charge in [-0.05, 0) is 74.0 Å². The molecule has 1 unspecified atom stereocenters. The SMILES string of the molecule is C[C@]12CCCCC1CC[C@@H]1[C@@H]2CC[C@]2(C)C(C(N)=O)=CC[C@@H]12. The third-order valence-corrected chi connectivity index (χ3v) is 8.43. The Labute approximate surface area is 134 Å². The lowest BCUT2D eigenvalue weighted by Gasteiger charge is -2.60. The van der Waals surface area contributed by atoms with Crippen LogP contribution in [0.4, 0.5) is 0 Å². The van der Waals surface area contributed by atoms with E-state index < -0.39 is 0 Å². The third kappa shape index (κ3) is 1.82. The van der Waals surface area contributed by atoms with Crippen molar-refractivity contribution in [1.29, 1.82) is 0 Å². The molecule has 4 rings (SSSR count). The Morgan fingerprint density at radius 3 is 2.68 bits per heavy atom. The molecular weight excluding hydrogens is 270 g/mol. The summed E-state index contributed by atoms with van der Waals surface area (Å²) in [5.74, 6) is 3.20. The lowest BCUT2D eigenvalue weighted by Crippen LogP contribution is -2.52. The molecule has 0 radical (unpaired) electrons. The van der Waals surface area contributed by atoms with Crippen LogP contribution in [0.15, 0.2) is 11.6 Å². The topological polar surface area (TPSA) is 43.1 Å². The van der Waals surface area contributed by atoms with E-state index in [-0.39, 0.29) is 11.3 Å². The van der Waals surface area contributed by atoms with E-state index in [1.54, 1.807) is 0 Å². The molecule has 0 bridgehead atoms. The molecule has 22 heavy (non-hydrogen) atoms. The van der Waals surface area contributed by atoms with Crippen molar-refractivity contribution in [3.63, 3.8) is 0 Å². The highest BCUT2D eigenvalue weighted by Crippen LogP contribution is 2.66. The third-order valence-electron chi connectivity index (χ3n) is 8.43. The number of hydrogen-bond donors (Lipinski definition) is 1. The summed E-state index contributed by atoms with van der Waals surface area (Å²) in [6.45, 7) is 4.93. The van der Waals surface area contributed by atoms with Crippen molar-refractivity contribution < 1.29 is 4.79 Å². The minimum atomic E-state index is -0.166. The van der Waals surface area contributed by atoms with Gasteiger partial charge in [0.15, 0.2) is 0 Å². The molecule has 0 aromatic heterocycles. The lowest BCUT2D eigenvalue weighted by molar-refractivity contribution is -0.119. The second-order valence-corrected chi connectivity index (χ2v) is 9.08. The van der Waals surface area contributed by atoms with Gasteiger partial charge in [-0.2, -0.15) is 0 Å². The molecule has 0 saturated heterocycles. The number of nitrogens with two attached hydrogens (primary N) is 1. The fourth-order valence-electron chi connectivity index (χ4n) is 7.24. The molecule has 0 aromatic rings. The van der Waals surface area contributed by atoms with Gasteiger partial charge in [-0.3, -0.25) is 4.79 Å². The highest BCUT2D eigenvalue weighted by Gasteiger charge is 2.58. The van der Waals surface area contributed by atoms with Gasteiger partial charge in [0.1, 0.15) is 0 Å². The van der Waals surface area contributed by atoms with Gasteiger partial charge in [0.05, 0.1) is 0 Å². The summed E-state index contributed by atoms with van der Waals surface area (Å²) < 4.78 is 0. The number of allylic oxidation sites excluding steroid dienone is 1. The molecule has 0 heterocycles. The number of hydrogen-bond acceptors (Lipinski definition) is 1. The van der Waals surface area contributed by atoms with Crippen LogP contribution in [0.3, 0.4) is 0 Å². The van der Waals surface area contributed by atoms with Crippen molar-refractivity contribution in [2.75, 3.05) is 0 Å². The van der Waals surface area contributed by atoms with Crippen LogP contribution >= 0.6 is 0 Å². The van der Waals surface area contributed by atoms with Crippen molar-refractivity contribution in [3.8, 4) is 0 Å². The fourth-order valence-corrected chi connectivity index (χ4v) is 7.24. The molecule has 0 spiro atoms. The molecule has 2 heteroatoms. The lowest BCUT2D eigenvalue weighted by atomic mass is 9.45. The maximum atomic E-state index is 11.9. The van der Waals surface area contributed by atoms with E-state index in [1.807, 2.05) is 0 Å². The Morgan fingerprint density at radius 1 is 1.09 bits per heavy atom. The molecule has 6 atom stereocenters. The molecule has 2 nitrogen and oxygen atoms in total. The Morgan fingerprint density at radius 2 is 1.91 bits per heavy atom. The van der Waals surface area contributed by atoms with Crippen LogP contribution in [-0.2, 0) is 4.79 Å². The molecule has 3 saturated carbocycles. The summed E-state index contributed by atoms with van der Waals surface area (Å²) in [5.41, 5.74) is 7.29. The van der Waals surface area contributed by atoms with Gasteiger partial charge in [-0.25, -0.2) is 0 Å². The van der Waals surface area contributed by atoms with Gasteiger partial charge in [0, 0.05) is 11.0 Å². The van der Waals surface area contributed by atoms with E-state index in [1.165, 1.54) is 51.4 Å². The van der Waals surface area contributed by atoms with E-state index in [0.717, 1.165) is 29.7 Å². The smallest absolute Gasteiger partial charge is 0.244 e. The van der Waals surface area contributed by atoms with Gasteiger partial charge in [-0.1, -0.05) is 32.8 Å². The largest absolute Gasteiger partial charge is 0.366 e. The number of rotatable bonds is 1. The summed E-state index contributed by atoms with van der Waals surface area (Å²) in [5, 5.41) is 0. The molecule has 4 aliphatic rings. The summed E-state index contributed by atoms with van der Waals surface area (Å²) in [6, 6.07) is 0. The van der Waals surface area contributed by atoms with E-state index in [9.17, 15) is 4.79 Å². The Bertz CT molecular complexity index is 524. The highest BCUT2D eigenvalue weighted by atomic mass is 16.1. The average molecular weight is 301 g/mol. The summed E-state index contributed by atoms with van der Waals surface area (Å²) >= 11 is 0. The van der Waals surface area contributed by atoms with E-state index in [2.05, 4.69) is 19.9 Å². The van der Waals surface area contributed by atoms with Crippen molar-refractivity contribution in [2.24, 2.45) is 40.2 Å². The van der Waals surface area contributed by atoms with Gasteiger partial charge >= 0.3 is 0 Å². The second-order valence-electron chi connectivity index (χ2n) is 9.08. The minimum absolute atomic E-state index is 0.0743. The molecular formula is C20H31NO. The predicted molar refractivity (Wildman–Crippen MR) is 89.0 cm³/mol. The highest BCUT2D eigenvalue weighted by molar-refractivity contribution is 5.94. The number of fused-ring (bicyclic) bond motifs is 5. The maximum absolute atomic E-state index is 11.9. The summed E-state index contributed by atoms with van der Waals surface area (Å²) in [4.78, 5) is 11.9. The normalized spacial score (nSPS) is 50.5. The van der Waals surface area contributed by atoms with Crippen molar-refractivity contribution in [3.05, 3.63) is 11.6 Å². The maximum Gasteiger partial charge on any atom is 0.244 e. The van der Waals surface area contributed by atoms with Crippen molar-refractivity contribution in [2.45, 2.75) is 71.6 Å². The van der Waals surface area contributed by atoms with Crippen LogP contribution in [0.1, 0.15) is 71.6 Å². The first-order valence-corrected chi connectivity index (χ1v) is 9.47. The standard InChI is InChI=1S/C20H31NO/c1-19-11-4-3-5-13(19)6-7-14-15-8-9-17(18(21)22)20(15,2)12-10-16(14)19/h9,13-16H,3-8,10-12H2,1-2H3,(H2,21,22)/t13?,14-,15-,16-,19-,20-/m0/s1. The molecule has 122 valence electrons. The predicted octanol–water partition coefficient (Wildman–Crippen LogP) is 4.44. The molecule has 1 amide bonds. The molecule has 2 N–H and O–H groups in total. The van der Waals surface area contributed by atoms with E-state index >= 15 is 0 Å². The van der Waals surface area contributed by atoms with Crippen LogP contribution in [0.25, 0.3) is 0 Å². The van der Waals surface area contributed by atoms with Crippen LogP contribution in [-0.4, -0.2) is 5.91 Å². The quantitative estimate of drug-likeness (QED) is 0.764. The first-order chi connectivity index (χ1) is 10.5. The zero-order valence-electron chi connectivity index (χ0n) is 14.2. The van der Waals surface area contributed by atoms with Crippen LogP contribution in [0.5, 0.6) is 0 Å². The fraction of sp³-hybridized carbons (Fsp3) is 0.850. The van der Waals surface area contributed by atoms with Crippen molar-refractivity contribution >= 4 is 5.91 Å². The summed E-state index contributed by atoms with van der Waals surface area (Å²) in [7, 11) is 0.